The number of hydrogen-bond donors (Lipinski definition) is 1. The molecule has 5 heteroatoms. The summed E-state index contributed by atoms with van der Waals surface area (Å²) in [7, 11) is 0. The molecule has 0 aliphatic heterocycles. The van der Waals surface area contributed by atoms with Crippen LogP contribution in [-0.4, -0.2) is 19.5 Å². The fraction of sp³-hybridized carbons (Fsp3) is 0.444. The highest BCUT2D eigenvalue weighted by Crippen LogP contribution is 2.13. The number of imidazole rings is 1. The lowest BCUT2D eigenvalue weighted by molar-refractivity contribution is 0.777. The van der Waals surface area contributed by atoms with Crippen molar-refractivity contribution in [3.05, 3.63) is 12.7 Å². The summed E-state index contributed by atoms with van der Waals surface area (Å²) in [6, 6.07) is 0. The molecule has 0 atom stereocenters. The zero-order valence-electron chi connectivity index (χ0n) is 8.73. The van der Waals surface area contributed by atoms with Crippen LogP contribution in [0.4, 0.5) is 5.82 Å². The van der Waals surface area contributed by atoms with Crippen LogP contribution in [0.15, 0.2) is 12.7 Å². The summed E-state index contributed by atoms with van der Waals surface area (Å²) in [5.41, 5.74) is 7.07. The molecule has 2 N–H and O–H groups in total. The van der Waals surface area contributed by atoms with Crippen LogP contribution in [0.1, 0.15) is 20.8 Å². The third-order valence-corrected chi connectivity index (χ3v) is 1.77. The van der Waals surface area contributed by atoms with Crippen molar-refractivity contribution in [2.75, 3.05) is 5.73 Å². The van der Waals surface area contributed by atoms with Gasteiger partial charge in [-0.15, -0.1) is 0 Å². The summed E-state index contributed by atoms with van der Waals surface area (Å²) in [5, 5.41) is 0. The first-order valence-electron chi connectivity index (χ1n) is 4.74. The minimum Gasteiger partial charge on any atom is -0.382 e. The minimum absolute atomic E-state index is 0.437. The number of rotatable bonds is 1. The van der Waals surface area contributed by atoms with Crippen LogP contribution in [0.3, 0.4) is 0 Å². The predicted molar refractivity (Wildman–Crippen MR) is 56.8 cm³/mol. The van der Waals surface area contributed by atoms with E-state index in [2.05, 4.69) is 15.0 Å². The standard InChI is InChI=1S/C7H9N5.C2H6/c1-2-12-4-11-5-6(8)9-3-10-7(5)12;1-2/h3-4H,2H2,1H3,(H2,8,9,10);1-2H3. The van der Waals surface area contributed by atoms with E-state index in [9.17, 15) is 0 Å². The van der Waals surface area contributed by atoms with Gasteiger partial charge in [0.05, 0.1) is 6.33 Å². The zero-order chi connectivity index (χ0) is 10.6. The van der Waals surface area contributed by atoms with Crippen molar-refractivity contribution >= 4 is 17.0 Å². The molecule has 14 heavy (non-hydrogen) atoms. The Kier molecular flexibility index (Phi) is 3.39. The summed E-state index contributed by atoms with van der Waals surface area (Å²) < 4.78 is 1.92. The summed E-state index contributed by atoms with van der Waals surface area (Å²) in [6.07, 6.45) is 3.17. The Labute approximate surface area is 83.0 Å². The number of nitrogens with two attached hydrogens (primary N) is 1. The first-order chi connectivity index (χ1) is 6.83. The molecular formula is C9H15N5. The normalized spacial score (nSPS) is 9.64. The van der Waals surface area contributed by atoms with E-state index in [0.717, 1.165) is 12.2 Å². The third kappa shape index (κ3) is 1.66. The van der Waals surface area contributed by atoms with Gasteiger partial charge < -0.3 is 10.3 Å². The number of fused-ring (bicyclic) bond motifs is 1. The molecule has 0 radical (unpaired) electrons. The van der Waals surface area contributed by atoms with Gasteiger partial charge in [-0.1, -0.05) is 13.8 Å². The lowest BCUT2D eigenvalue weighted by Gasteiger charge is -1.96. The van der Waals surface area contributed by atoms with E-state index >= 15 is 0 Å². The number of anilines is 1. The number of nitrogens with zero attached hydrogens (tertiary/aromatic N) is 4. The second-order valence-electron chi connectivity index (χ2n) is 2.46. The van der Waals surface area contributed by atoms with Gasteiger partial charge in [-0.3, -0.25) is 0 Å². The molecule has 0 unspecified atom stereocenters. The van der Waals surface area contributed by atoms with Gasteiger partial charge >= 0.3 is 0 Å². The average Bonchev–Trinajstić information content (AvgIpc) is 2.65. The second-order valence-corrected chi connectivity index (χ2v) is 2.46. The lowest BCUT2D eigenvalue weighted by atomic mass is 10.5. The van der Waals surface area contributed by atoms with Gasteiger partial charge in [0.1, 0.15) is 11.8 Å². The number of nitrogen functional groups attached to an aromatic ring is 1. The second kappa shape index (κ2) is 4.55. The Morgan fingerprint density at radius 2 is 2.00 bits per heavy atom. The molecule has 0 bridgehead atoms. The smallest absolute Gasteiger partial charge is 0.165 e. The van der Waals surface area contributed by atoms with E-state index in [1.807, 2.05) is 25.3 Å². The van der Waals surface area contributed by atoms with E-state index in [-0.39, 0.29) is 0 Å². The maximum atomic E-state index is 5.60. The molecule has 2 rings (SSSR count). The van der Waals surface area contributed by atoms with Gasteiger partial charge in [0.15, 0.2) is 11.5 Å². The Hall–Kier alpha value is -1.65. The number of aromatic nitrogens is 4. The zero-order valence-corrected chi connectivity index (χ0v) is 8.73. The maximum absolute atomic E-state index is 5.60. The molecule has 2 heterocycles. The van der Waals surface area contributed by atoms with E-state index in [1.165, 1.54) is 6.33 Å². The van der Waals surface area contributed by atoms with E-state index < -0.39 is 0 Å². The summed E-state index contributed by atoms with van der Waals surface area (Å²) in [4.78, 5) is 12.0. The molecule has 0 saturated heterocycles. The van der Waals surface area contributed by atoms with Crippen LogP contribution in [0, 0.1) is 0 Å². The van der Waals surface area contributed by atoms with Crippen molar-refractivity contribution in [1.82, 2.24) is 19.5 Å². The van der Waals surface area contributed by atoms with Crippen LogP contribution in [0.25, 0.3) is 11.2 Å². The van der Waals surface area contributed by atoms with Crippen LogP contribution >= 0.6 is 0 Å². The topological polar surface area (TPSA) is 69.6 Å². The quantitative estimate of drug-likeness (QED) is 0.744. The highest BCUT2D eigenvalue weighted by atomic mass is 15.1. The van der Waals surface area contributed by atoms with Gasteiger partial charge in [0, 0.05) is 6.54 Å². The molecule has 76 valence electrons. The molecule has 0 saturated carbocycles. The molecule has 0 fully saturated rings. The van der Waals surface area contributed by atoms with Crippen molar-refractivity contribution in [2.45, 2.75) is 27.3 Å². The molecule has 0 aromatic carbocycles. The molecule has 0 spiro atoms. The number of hydrogen-bond acceptors (Lipinski definition) is 4. The predicted octanol–water partition coefficient (Wildman–Crippen LogP) is 1.45. The Morgan fingerprint density at radius 1 is 1.29 bits per heavy atom. The van der Waals surface area contributed by atoms with Crippen LogP contribution < -0.4 is 5.73 Å². The average molecular weight is 193 g/mol. The summed E-state index contributed by atoms with van der Waals surface area (Å²) in [5.74, 6) is 0.437. The fourth-order valence-electron chi connectivity index (χ4n) is 1.13. The highest BCUT2D eigenvalue weighted by Gasteiger charge is 2.04. The minimum atomic E-state index is 0.437. The van der Waals surface area contributed by atoms with Crippen molar-refractivity contribution in [2.24, 2.45) is 0 Å². The molecule has 2 aromatic rings. The molecule has 0 amide bonds. The Bertz CT molecular complexity index is 406. The molecule has 0 aliphatic carbocycles. The van der Waals surface area contributed by atoms with Crippen LogP contribution in [0.2, 0.25) is 0 Å². The van der Waals surface area contributed by atoms with Gasteiger partial charge in [0.25, 0.3) is 0 Å². The monoisotopic (exact) mass is 193 g/mol. The van der Waals surface area contributed by atoms with E-state index in [4.69, 9.17) is 5.73 Å². The van der Waals surface area contributed by atoms with Crippen LogP contribution in [-0.2, 0) is 6.54 Å². The third-order valence-electron chi connectivity index (χ3n) is 1.77. The lowest BCUT2D eigenvalue weighted by Crippen LogP contribution is -1.96. The van der Waals surface area contributed by atoms with Gasteiger partial charge in [0.2, 0.25) is 0 Å². The van der Waals surface area contributed by atoms with Crippen molar-refractivity contribution in [1.29, 1.82) is 0 Å². The van der Waals surface area contributed by atoms with Crippen molar-refractivity contribution < 1.29 is 0 Å². The van der Waals surface area contributed by atoms with Crippen molar-refractivity contribution in [3.8, 4) is 0 Å². The van der Waals surface area contributed by atoms with Crippen molar-refractivity contribution in [3.63, 3.8) is 0 Å². The SMILES string of the molecule is CC.CCn1cnc2c(N)ncnc21. The van der Waals surface area contributed by atoms with E-state index in [1.54, 1.807) is 6.33 Å². The van der Waals surface area contributed by atoms with Gasteiger partial charge in [-0.05, 0) is 6.92 Å². The highest BCUT2D eigenvalue weighted by molar-refractivity contribution is 5.80. The molecule has 5 nitrogen and oxygen atoms in total. The molecule has 0 aliphatic rings. The van der Waals surface area contributed by atoms with E-state index in [0.29, 0.717) is 11.3 Å². The maximum Gasteiger partial charge on any atom is 0.165 e. The first-order valence-corrected chi connectivity index (χ1v) is 4.74. The largest absolute Gasteiger partial charge is 0.382 e. The molecular weight excluding hydrogens is 178 g/mol. The summed E-state index contributed by atoms with van der Waals surface area (Å²) in [6.45, 7) is 6.87. The fourth-order valence-corrected chi connectivity index (χ4v) is 1.13. The van der Waals surface area contributed by atoms with Gasteiger partial charge in [-0.2, -0.15) is 0 Å². The van der Waals surface area contributed by atoms with Crippen LogP contribution in [0.5, 0.6) is 0 Å². The first kappa shape index (κ1) is 10.4. The molecule has 2 aromatic heterocycles. The number of aryl methyl sites for hydroxylation is 1. The summed E-state index contributed by atoms with van der Waals surface area (Å²) >= 11 is 0. The van der Waals surface area contributed by atoms with Gasteiger partial charge in [-0.25, -0.2) is 15.0 Å². The Morgan fingerprint density at radius 3 is 2.64 bits per heavy atom. The Balaban J connectivity index is 0.000000461.